The zero-order chi connectivity index (χ0) is 12.7. The molecule has 2 aromatic rings. The summed E-state index contributed by atoms with van der Waals surface area (Å²) < 4.78 is 13.4. The van der Waals surface area contributed by atoms with Gasteiger partial charge in [0.05, 0.1) is 10.9 Å². The number of aromatic amines is 1. The summed E-state index contributed by atoms with van der Waals surface area (Å²) in [6, 6.07) is 2.25. The molecule has 2 rings (SSSR count). The number of H-pyrrole nitrogens is 1. The lowest BCUT2D eigenvalue weighted by Gasteiger charge is -2.04. The van der Waals surface area contributed by atoms with E-state index in [1.165, 1.54) is 6.07 Å². The van der Waals surface area contributed by atoms with Gasteiger partial charge in [0.2, 0.25) is 5.43 Å². The average Bonchev–Trinajstić information content (AvgIpc) is 2.19. The Hall–Kier alpha value is -1.40. The number of aromatic nitrogens is 1. The van der Waals surface area contributed by atoms with Crippen molar-refractivity contribution in [2.75, 3.05) is 0 Å². The molecule has 1 heterocycles. The fourth-order valence-corrected chi connectivity index (χ4v) is 2.23. The van der Waals surface area contributed by atoms with Gasteiger partial charge in [-0.3, -0.25) is 4.79 Å². The van der Waals surface area contributed by atoms with Gasteiger partial charge in [-0.1, -0.05) is 11.6 Å². The zero-order valence-electron chi connectivity index (χ0n) is 8.05. The minimum Gasteiger partial charge on any atom is -0.477 e. The number of hydrogen-bond acceptors (Lipinski definition) is 2. The van der Waals surface area contributed by atoms with E-state index in [1.54, 1.807) is 0 Å². The van der Waals surface area contributed by atoms with Crippen molar-refractivity contribution >= 4 is 44.4 Å². The Balaban J connectivity index is 3.03. The van der Waals surface area contributed by atoms with Crippen molar-refractivity contribution in [3.8, 4) is 0 Å². The van der Waals surface area contributed by atoms with E-state index in [4.69, 9.17) is 16.7 Å². The van der Waals surface area contributed by atoms with E-state index >= 15 is 0 Å². The summed E-state index contributed by atoms with van der Waals surface area (Å²) in [7, 11) is 0. The van der Waals surface area contributed by atoms with E-state index in [0.29, 0.717) is 0 Å². The van der Waals surface area contributed by atoms with E-state index in [2.05, 4.69) is 20.9 Å². The predicted octanol–water partition coefficient (Wildman–Crippen LogP) is 2.78. The highest BCUT2D eigenvalue weighted by Gasteiger charge is 2.18. The molecule has 1 aromatic heterocycles. The first-order valence-electron chi connectivity index (χ1n) is 4.35. The summed E-state index contributed by atoms with van der Waals surface area (Å²) in [5.74, 6) is -2.12. The number of pyridine rings is 1. The third-order valence-corrected chi connectivity index (χ3v) is 3.01. The van der Waals surface area contributed by atoms with Gasteiger partial charge in [-0.2, -0.15) is 0 Å². The van der Waals surface area contributed by atoms with Crippen LogP contribution in [0.4, 0.5) is 4.39 Å². The molecule has 0 saturated heterocycles. The molecule has 17 heavy (non-hydrogen) atoms. The minimum atomic E-state index is -1.40. The average molecular weight is 321 g/mol. The number of nitrogens with one attached hydrogen (secondary N) is 1. The second-order valence-electron chi connectivity index (χ2n) is 3.26. The second kappa shape index (κ2) is 4.12. The molecule has 0 bridgehead atoms. The highest BCUT2D eigenvalue weighted by molar-refractivity contribution is 9.10. The number of halogens is 3. The highest BCUT2D eigenvalue weighted by atomic mass is 79.9. The molecule has 0 spiro atoms. The second-order valence-corrected chi connectivity index (χ2v) is 4.49. The Morgan fingerprint density at radius 2 is 2.12 bits per heavy atom. The van der Waals surface area contributed by atoms with Crippen LogP contribution in [0.2, 0.25) is 5.02 Å². The smallest absolute Gasteiger partial charge is 0.342 e. The normalized spacial score (nSPS) is 10.8. The summed E-state index contributed by atoms with van der Waals surface area (Å²) in [5.41, 5.74) is -1.37. The van der Waals surface area contributed by atoms with Crippen LogP contribution in [0.5, 0.6) is 0 Å². The molecule has 0 aliphatic heterocycles. The SMILES string of the molecule is O=C(O)c1c(Br)[nH]c2c(F)cc(Cl)cc2c1=O. The number of carbonyl (C=O) groups is 1. The third kappa shape index (κ3) is 1.94. The van der Waals surface area contributed by atoms with Crippen LogP contribution in [-0.4, -0.2) is 16.1 Å². The minimum absolute atomic E-state index is 0.0270. The summed E-state index contributed by atoms with van der Waals surface area (Å²) in [4.78, 5) is 25.2. The van der Waals surface area contributed by atoms with Gasteiger partial charge in [-0.05, 0) is 28.1 Å². The molecule has 4 nitrogen and oxygen atoms in total. The number of carboxylic acid groups (broad SMARTS) is 1. The molecule has 0 unspecified atom stereocenters. The maximum Gasteiger partial charge on any atom is 0.342 e. The molecule has 2 N–H and O–H groups in total. The largest absolute Gasteiger partial charge is 0.477 e. The quantitative estimate of drug-likeness (QED) is 0.794. The van der Waals surface area contributed by atoms with Crippen LogP contribution >= 0.6 is 27.5 Å². The van der Waals surface area contributed by atoms with Crippen molar-refractivity contribution in [3.05, 3.63) is 43.4 Å². The molecule has 7 heteroatoms. The van der Waals surface area contributed by atoms with Crippen LogP contribution in [0.1, 0.15) is 10.4 Å². The standard InChI is InChI=1S/C10H4BrClFNO3/c11-9-6(10(16)17)8(15)4-1-3(12)2-5(13)7(4)14-9/h1-2H,(H,14,15)(H,16,17). The third-order valence-electron chi connectivity index (χ3n) is 2.19. The van der Waals surface area contributed by atoms with Crippen LogP contribution in [0.25, 0.3) is 10.9 Å². The molecule has 0 atom stereocenters. The number of carboxylic acids is 1. The van der Waals surface area contributed by atoms with Gasteiger partial charge in [0, 0.05) is 5.02 Å². The number of aromatic carboxylic acids is 1. The van der Waals surface area contributed by atoms with Gasteiger partial charge in [0.15, 0.2) is 0 Å². The lowest BCUT2D eigenvalue weighted by Crippen LogP contribution is -2.17. The topological polar surface area (TPSA) is 70.2 Å². The van der Waals surface area contributed by atoms with Crippen LogP contribution in [0.3, 0.4) is 0 Å². The number of hydrogen-bond donors (Lipinski definition) is 2. The van der Waals surface area contributed by atoms with E-state index in [9.17, 15) is 14.0 Å². The van der Waals surface area contributed by atoms with Gasteiger partial charge in [0.1, 0.15) is 16.0 Å². The Bertz CT molecular complexity index is 698. The number of fused-ring (bicyclic) bond motifs is 1. The molecule has 0 saturated carbocycles. The Morgan fingerprint density at radius 1 is 1.47 bits per heavy atom. The van der Waals surface area contributed by atoms with Gasteiger partial charge >= 0.3 is 5.97 Å². The van der Waals surface area contributed by atoms with Crippen molar-refractivity contribution < 1.29 is 14.3 Å². The van der Waals surface area contributed by atoms with Gasteiger partial charge in [-0.25, -0.2) is 9.18 Å². The Labute approximate surface area is 107 Å². The summed E-state index contributed by atoms with van der Waals surface area (Å²) >= 11 is 8.50. The monoisotopic (exact) mass is 319 g/mol. The number of benzene rings is 1. The molecule has 0 amide bonds. The fourth-order valence-electron chi connectivity index (χ4n) is 1.48. The molecule has 0 fully saturated rings. The molecule has 0 aliphatic carbocycles. The van der Waals surface area contributed by atoms with Crippen molar-refractivity contribution in [1.29, 1.82) is 0 Å². The highest BCUT2D eigenvalue weighted by Crippen LogP contribution is 2.22. The van der Waals surface area contributed by atoms with Crippen LogP contribution in [0, 0.1) is 5.82 Å². The first-order chi connectivity index (χ1) is 7.91. The molecule has 0 radical (unpaired) electrons. The van der Waals surface area contributed by atoms with E-state index in [0.717, 1.165) is 6.07 Å². The van der Waals surface area contributed by atoms with Crippen molar-refractivity contribution in [3.63, 3.8) is 0 Å². The first kappa shape index (κ1) is 12.1. The number of rotatable bonds is 1. The predicted molar refractivity (Wildman–Crippen MR) is 64.2 cm³/mol. The zero-order valence-corrected chi connectivity index (χ0v) is 10.4. The fraction of sp³-hybridized carbons (Fsp3) is 0. The van der Waals surface area contributed by atoms with E-state index < -0.39 is 22.8 Å². The first-order valence-corrected chi connectivity index (χ1v) is 5.52. The lowest BCUT2D eigenvalue weighted by atomic mass is 10.1. The van der Waals surface area contributed by atoms with Crippen molar-refractivity contribution in [2.24, 2.45) is 0 Å². The molecule has 88 valence electrons. The maximum absolute atomic E-state index is 13.5. The molecular formula is C10H4BrClFNO3. The van der Waals surface area contributed by atoms with Crippen LogP contribution in [0.15, 0.2) is 21.5 Å². The van der Waals surface area contributed by atoms with Crippen LogP contribution in [-0.2, 0) is 0 Å². The summed E-state index contributed by atoms with van der Waals surface area (Å²) in [6.45, 7) is 0. The van der Waals surface area contributed by atoms with E-state index in [1.807, 2.05) is 0 Å². The molecule has 0 aliphatic rings. The van der Waals surface area contributed by atoms with Gasteiger partial charge in [-0.15, -0.1) is 0 Å². The lowest BCUT2D eigenvalue weighted by molar-refractivity contribution is 0.0694. The van der Waals surface area contributed by atoms with Crippen molar-refractivity contribution in [2.45, 2.75) is 0 Å². The van der Waals surface area contributed by atoms with Gasteiger partial charge in [0.25, 0.3) is 0 Å². The summed E-state index contributed by atoms with van der Waals surface area (Å²) in [6.07, 6.45) is 0. The summed E-state index contributed by atoms with van der Waals surface area (Å²) in [5, 5.41) is 8.79. The van der Waals surface area contributed by atoms with Crippen molar-refractivity contribution in [1.82, 2.24) is 4.98 Å². The molecular weight excluding hydrogens is 316 g/mol. The van der Waals surface area contributed by atoms with Crippen LogP contribution < -0.4 is 5.43 Å². The maximum atomic E-state index is 13.5. The van der Waals surface area contributed by atoms with E-state index in [-0.39, 0.29) is 20.5 Å². The Morgan fingerprint density at radius 3 is 2.71 bits per heavy atom. The Kier molecular flexibility index (Phi) is 2.92. The molecule has 1 aromatic carbocycles. The van der Waals surface area contributed by atoms with Gasteiger partial charge < -0.3 is 10.1 Å².